The van der Waals surface area contributed by atoms with Crippen LogP contribution in [0.5, 0.6) is 0 Å². The highest BCUT2D eigenvalue weighted by Gasteiger charge is 2.22. The largest absolute Gasteiger partial charge is 0.316 e. The van der Waals surface area contributed by atoms with Gasteiger partial charge in [-0.1, -0.05) is 18.2 Å². The lowest BCUT2D eigenvalue weighted by Gasteiger charge is -2.23. The lowest BCUT2D eigenvalue weighted by molar-refractivity contribution is 0.442. The number of aryl methyl sites for hydroxylation is 2. The molecule has 0 radical (unpaired) electrons. The van der Waals surface area contributed by atoms with Gasteiger partial charge in [0.1, 0.15) is 12.2 Å². The number of benzene rings is 1. The van der Waals surface area contributed by atoms with Gasteiger partial charge in [-0.25, -0.2) is 0 Å². The molecule has 1 aliphatic heterocycles. The Kier molecular flexibility index (Phi) is 3.34. The van der Waals surface area contributed by atoms with E-state index in [2.05, 4.69) is 52.1 Å². The molecule has 1 unspecified atom stereocenters. The average molecular weight is 256 g/mol. The summed E-state index contributed by atoms with van der Waals surface area (Å²) in [6.45, 7) is 6.41. The van der Waals surface area contributed by atoms with Gasteiger partial charge in [-0.2, -0.15) is 0 Å². The number of para-hydroxylation sites is 1. The highest BCUT2D eigenvalue weighted by Crippen LogP contribution is 2.26. The molecule has 1 N–H and O–H groups in total. The second-order valence-electron chi connectivity index (χ2n) is 5.34. The highest BCUT2D eigenvalue weighted by atomic mass is 15.3. The fraction of sp³-hybridized carbons (Fsp3) is 0.467. The number of rotatable bonds is 2. The number of nitrogens with one attached hydrogen (secondary N) is 1. The molecular weight excluding hydrogens is 236 g/mol. The first-order chi connectivity index (χ1) is 9.27. The van der Waals surface area contributed by atoms with Gasteiger partial charge in [0.15, 0.2) is 0 Å². The summed E-state index contributed by atoms with van der Waals surface area (Å²) >= 11 is 0. The minimum atomic E-state index is 0.468. The van der Waals surface area contributed by atoms with Crippen molar-refractivity contribution in [2.45, 2.75) is 32.6 Å². The van der Waals surface area contributed by atoms with Crippen molar-refractivity contribution in [1.82, 2.24) is 20.1 Å². The van der Waals surface area contributed by atoms with Gasteiger partial charge in [0, 0.05) is 12.5 Å². The summed E-state index contributed by atoms with van der Waals surface area (Å²) in [6.07, 6.45) is 4.25. The predicted octanol–water partition coefficient (Wildman–Crippen LogP) is 2.35. The van der Waals surface area contributed by atoms with Crippen LogP contribution in [0.3, 0.4) is 0 Å². The molecule has 1 atom stereocenters. The number of hydrogen-bond acceptors (Lipinski definition) is 3. The quantitative estimate of drug-likeness (QED) is 0.897. The average Bonchev–Trinajstić information content (AvgIpc) is 2.89. The van der Waals surface area contributed by atoms with Crippen LogP contribution in [0.2, 0.25) is 0 Å². The molecule has 1 fully saturated rings. The van der Waals surface area contributed by atoms with E-state index in [1.54, 1.807) is 0 Å². The lowest BCUT2D eigenvalue weighted by Crippen LogP contribution is -2.30. The molecule has 4 nitrogen and oxygen atoms in total. The Balaban J connectivity index is 2.04. The van der Waals surface area contributed by atoms with Crippen LogP contribution >= 0.6 is 0 Å². The molecule has 19 heavy (non-hydrogen) atoms. The molecule has 1 saturated heterocycles. The Bertz CT molecular complexity index is 547. The molecule has 100 valence electrons. The molecule has 0 spiro atoms. The molecule has 3 rings (SSSR count). The predicted molar refractivity (Wildman–Crippen MR) is 75.7 cm³/mol. The topological polar surface area (TPSA) is 42.7 Å². The molecule has 2 aromatic rings. The van der Waals surface area contributed by atoms with Crippen molar-refractivity contribution in [2.75, 3.05) is 13.1 Å². The molecule has 1 aliphatic rings. The highest BCUT2D eigenvalue weighted by molar-refractivity contribution is 5.47. The maximum absolute atomic E-state index is 4.37. The molecular formula is C15H20N4. The zero-order valence-electron chi connectivity index (χ0n) is 11.6. The van der Waals surface area contributed by atoms with Crippen molar-refractivity contribution >= 4 is 0 Å². The first-order valence-corrected chi connectivity index (χ1v) is 6.94. The molecule has 4 heteroatoms. The van der Waals surface area contributed by atoms with Gasteiger partial charge >= 0.3 is 0 Å². The first kappa shape index (κ1) is 12.4. The van der Waals surface area contributed by atoms with Crippen molar-refractivity contribution in [3.8, 4) is 5.69 Å². The summed E-state index contributed by atoms with van der Waals surface area (Å²) in [6, 6.07) is 6.39. The van der Waals surface area contributed by atoms with E-state index in [4.69, 9.17) is 0 Å². The van der Waals surface area contributed by atoms with Crippen molar-refractivity contribution in [3.63, 3.8) is 0 Å². The molecule has 0 aliphatic carbocycles. The van der Waals surface area contributed by atoms with Gasteiger partial charge < -0.3 is 5.32 Å². The molecule has 2 heterocycles. The fourth-order valence-corrected chi connectivity index (χ4v) is 2.95. The van der Waals surface area contributed by atoms with E-state index >= 15 is 0 Å². The maximum atomic E-state index is 4.37. The molecule has 0 amide bonds. The van der Waals surface area contributed by atoms with Gasteiger partial charge in [0.05, 0.1) is 5.69 Å². The van der Waals surface area contributed by atoms with Gasteiger partial charge in [0.25, 0.3) is 0 Å². The SMILES string of the molecule is Cc1cccc(C)c1-n1cnnc1C1CCCNC1. The zero-order chi connectivity index (χ0) is 13.2. The standard InChI is InChI=1S/C15H20N4/c1-11-5-3-6-12(2)14(11)19-10-17-18-15(19)13-7-4-8-16-9-13/h3,5-6,10,13,16H,4,7-9H2,1-2H3. The molecule has 1 aromatic heterocycles. The lowest BCUT2D eigenvalue weighted by atomic mass is 9.98. The summed E-state index contributed by atoms with van der Waals surface area (Å²) in [5.41, 5.74) is 3.77. The van der Waals surface area contributed by atoms with E-state index in [1.807, 2.05) is 6.33 Å². The summed E-state index contributed by atoms with van der Waals surface area (Å²) < 4.78 is 2.17. The van der Waals surface area contributed by atoms with Crippen LogP contribution in [0.1, 0.15) is 35.7 Å². The monoisotopic (exact) mass is 256 g/mol. The van der Waals surface area contributed by atoms with Crippen molar-refractivity contribution in [3.05, 3.63) is 41.5 Å². The van der Waals surface area contributed by atoms with Crippen molar-refractivity contribution in [2.24, 2.45) is 0 Å². The van der Waals surface area contributed by atoms with Crippen LogP contribution in [-0.4, -0.2) is 27.9 Å². The van der Waals surface area contributed by atoms with E-state index < -0.39 is 0 Å². The van der Waals surface area contributed by atoms with E-state index in [0.717, 1.165) is 18.9 Å². The van der Waals surface area contributed by atoms with Gasteiger partial charge in [-0.15, -0.1) is 10.2 Å². The van der Waals surface area contributed by atoms with Crippen molar-refractivity contribution in [1.29, 1.82) is 0 Å². The summed E-state index contributed by atoms with van der Waals surface area (Å²) in [5, 5.41) is 12.0. The Labute approximate surface area is 113 Å². The van der Waals surface area contributed by atoms with E-state index in [-0.39, 0.29) is 0 Å². The summed E-state index contributed by atoms with van der Waals surface area (Å²) in [7, 11) is 0. The molecule has 0 bridgehead atoms. The number of piperidine rings is 1. The van der Waals surface area contributed by atoms with Crippen LogP contribution in [0.4, 0.5) is 0 Å². The van der Waals surface area contributed by atoms with Crippen LogP contribution in [-0.2, 0) is 0 Å². The Morgan fingerprint density at radius 2 is 2.05 bits per heavy atom. The van der Waals surface area contributed by atoms with Gasteiger partial charge in [-0.3, -0.25) is 4.57 Å². The third-order valence-corrected chi connectivity index (χ3v) is 3.92. The number of aromatic nitrogens is 3. The van der Waals surface area contributed by atoms with Crippen LogP contribution in [0.15, 0.2) is 24.5 Å². The fourth-order valence-electron chi connectivity index (χ4n) is 2.95. The third kappa shape index (κ3) is 2.28. The molecule has 0 saturated carbocycles. The van der Waals surface area contributed by atoms with E-state index in [0.29, 0.717) is 5.92 Å². The molecule has 1 aromatic carbocycles. The maximum Gasteiger partial charge on any atom is 0.141 e. The normalized spacial score (nSPS) is 19.6. The minimum Gasteiger partial charge on any atom is -0.316 e. The van der Waals surface area contributed by atoms with Crippen LogP contribution < -0.4 is 5.32 Å². The van der Waals surface area contributed by atoms with Crippen LogP contribution in [0, 0.1) is 13.8 Å². The van der Waals surface area contributed by atoms with Gasteiger partial charge in [-0.05, 0) is 44.4 Å². The van der Waals surface area contributed by atoms with Gasteiger partial charge in [0.2, 0.25) is 0 Å². The first-order valence-electron chi connectivity index (χ1n) is 6.94. The Morgan fingerprint density at radius 3 is 2.74 bits per heavy atom. The summed E-state index contributed by atoms with van der Waals surface area (Å²) in [5.74, 6) is 1.56. The minimum absolute atomic E-state index is 0.468. The number of hydrogen-bond donors (Lipinski definition) is 1. The Morgan fingerprint density at radius 1 is 1.26 bits per heavy atom. The van der Waals surface area contributed by atoms with E-state index in [1.165, 1.54) is 29.7 Å². The van der Waals surface area contributed by atoms with Crippen LogP contribution in [0.25, 0.3) is 5.69 Å². The smallest absolute Gasteiger partial charge is 0.141 e. The van der Waals surface area contributed by atoms with Crippen molar-refractivity contribution < 1.29 is 0 Å². The third-order valence-electron chi connectivity index (χ3n) is 3.92. The summed E-state index contributed by atoms with van der Waals surface area (Å²) in [4.78, 5) is 0. The number of nitrogens with zero attached hydrogens (tertiary/aromatic N) is 3. The van der Waals surface area contributed by atoms with E-state index in [9.17, 15) is 0 Å². The Hall–Kier alpha value is -1.68. The second kappa shape index (κ2) is 5.13. The second-order valence-corrected chi connectivity index (χ2v) is 5.34. The zero-order valence-corrected chi connectivity index (χ0v) is 11.6.